The number of rotatable bonds is 5. The summed E-state index contributed by atoms with van der Waals surface area (Å²) in [6.45, 7) is 0.660. The highest BCUT2D eigenvalue weighted by atomic mass is 79.9. The number of methoxy groups -OCH3 is 1. The average molecular weight is 287 g/mol. The number of benzene rings is 1. The number of ether oxygens (including phenoxy) is 1. The molecule has 0 fully saturated rings. The molecule has 0 saturated carbocycles. The Morgan fingerprint density at radius 1 is 1.50 bits per heavy atom. The molecule has 1 aromatic carbocycles. The van der Waals surface area contributed by atoms with Crippen LogP contribution in [0.2, 0.25) is 0 Å². The first-order valence-electron chi connectivity index (χ1n) is 4.95. The van der Waals surface area contributed by atoms with E-state index in [4.69, 9.17) is 4.74 Å². The van der Waals surface area contributed by atoms with Gasteiger partial charge in [0.05, 0.1) is 12.8 Å². The first-order chi connectivity index (χ1) is 7.67. The summed E-state index contributed by atoms with van der Waals surface area (Å²) in [5, 5.41) is 5.74. The number of hydrogen-bond acceptors (Lipinski definition) is 3. The topological polar surface area (TPSA) is 50.4 Å². The maximum absolute atomic E-state index is 11.5. The smallest absolute Gasteiger partial charge is 0.225 e. The van der Waals surface area contributed by atoms with Gasteiger partial charge in [-0.3, -0.25) is 4.79 Å². The molecule has 0 bridgehead atoms. The van der Waals surface area contributed by atoms with E-state index < -0.39 is 0 Å². The van der Waals surface area contributed by atoms with Gasteiger partial charge in [-0.05, 0) is 35.1 Å². The van der Waals surface area contributed by atoms with Crippen molar-refractivity contribution >= 4 is 27.5 Å². The highest BCUT2D eigenvalue weighted by Gasteiger charge is 2.06. The van der Waals surface area contributed by atoms with Crippen molar-refractivity contribution in [3.63, 3.8) is 0 Å². The molecule has 1 rings (SSSR count). The van der Waals surface area contributed by atoms with Gasteiger partial charge in [-0.2, -0.15) is 0 Å². The minimum atomic E-state index is -0.0247. The Balaban J connectivity index is 2.68. The lowest BCUT2D eigenvalue weighted by atomic mass is 10.3. The Hall–Kier alpha value is -1.07. The Labute approximate surface area is 103 Å². The molecule has 0 heterocycles. The van der Waals surface area contributed by atoms with Crippen LogP contribution in [0.4, 0.5) is 5.69 Å². The molecule has 4 nitrogen and oxygen atoms in total. The molecule has 0 radical (unpaired) electrons. The summed E-state index contributed by atoms with van der Waals surface area (Å²) in [6, 6.07) is 5.45. The van der Waals surface area contributed by atoms with E-state index in [1.54, 1.807) is 13.2 Å². The molecular formula is C11H15BrN2O2. The number of nitrogens with one attached hydrogen (secondary N) is 2. The monoisotopic (exact) mass is 286 g/mol. The lowest BCUT2D eigenvalue weighted by Crippen LogP contribution is -2.18. The quantitative estimate of drug-likeness (QED) is 0.871. The largest absolute Gasteiger partial charge is 0.497 e. The third-order valence-corrected chi connectivity index (χ3v) is 2.74. The zero-order valence-corrected chi connectivity index (χ0v) is 10.9. The van der Waals surface area contributed by atoms with E-state index in [-0.39, 0.29) is 5.91 Å². The minimum absolute atomic E-state index is 0.0247. The first-order valence-corrected chi connectivity index (χ1v) is 5.74. The van der Waals surface area contributed by atoms with E-state index in [2.05, 4.69) is 26.6 Å². The van der Waals surface area contributed by atoms with Gasteiger partial charge in [-0.15, -0.1) is 0 Å². The van der Waals surface area contributed by atoms with Crippen molar-refractivity contribution in [3.05, 3.63) is 22.7 Å². The van der Waals surface area contributed by atoms with Gasteiger partial charge in [-0.25, -0.2) is 0 Å². The number of hydrogen-bond donors (Lipinski definition) is 2. The second-order valence-corrected chi connectivity index (χ2v) is 4.10. The number of carbonyl (C=O) groups is 1. The standard InChI is InChI=1S/C11H15BrN2O2/c1-13-6-5-11(15)14-10-7-8(16-2)3-4-9(10)12/h3-4,7,13H,5-6H2,1-2H3,(H,14,15). The van der Waals surface area contributed by atoms with Crippen LogP contribution in [0, 0.1) is 0 Å². The highest BCUT2D eigenvalue weighted by molar-refractivity contribution is 9.10. The summed E-state index contributed by atoms with van der Waals surface area (Å²) >= 11 is 3.37. The molecule has 0 saturated heterocycles. The second-order valence-electron chi connectivity index (χ2n) is 3.25. The van der Waals surface area contributed by atoms with Gasteiger partial charge in [0.15, 0.2) is 0 Å². The zero-order chi connectivity index (χ0) is 12.0. The first kappa shape index (κ1) is 13.0. The van der Waals surface area contributed by atoms with Crippen LogP contribution >= 0.6 is 15.9 Å². The summed E-state index contributed by atoms with van der Waals surface area (Å²) in [4.78, 5) is 11.5. The van der Waals surface area contributed by atoms with E-state index in [9.17, 15) is 4.79 Å². The number of carbonyl (C=O) groups excluding carboxylic acids is 1. The number of halogens is 1. The van der Waals surface area contributed by atoms with Crippen molar-refractivity contribution in [2.75, 3.05) is 26.0 Å². The number of anilines is 1. The Morgan fingerprint density at radius 3 is 2.88 bits per heavy atom. The summed E-state index contributed by atoms with van der Waals surface area (Å²) in [5.74, 6) is 0.690. The van der Waals surface area contributed by atoms with Crippen molar-refractivity contribution in [3.8, 4) is 5.75 Å². The minimum Gasteiger partial charge on any atom is -0.497 e. The van der Waals surface area contributed by atoms with Crippen LogP contribution in [0.15, 0.2) is 22.7 Å². The Bertz CT molecular complexity index is 369. The highest BCUT2D eigenvalue weighted by Crippen LogP contribution is 2.27. The van der Waals surface area contributed by atoms with E-state index in [0.717, 1.165) is 10.2 Å². The molecule has 2 N–H and O–H groups in total. The van der Waals surface area contributed by atoms with Gasteiger partial charge in [-0.1, -0.05) is 0 Å². The van der Waals surface area contributed by atoms with Crippen molar-refractivity contribution in [2.24, 2.45) is 0 Å². The molecule has 16 heavy (non-hydrogen) atoms. The van der Waals surface area contributed by atoms with Gasteiger partial charge >= 0.3 is 0 Å². The molecule has 0 aliphatic heterocycles. The maximum Gasteiger partial charge on any atom is 0.225 e. The fourth-order valence-electron chi connectivity index (χ4n) is 1.18. The van der Waals surface area contributed by atoms with E-state index in [1.165, 1.54) is 0 Å². The lowest BCUT2D eigenvalue weighted by molar-refractivity contribution is -0.116. The Morgan fingerprint density at radius 2 is 2.25 bits per heavy atom. The molecule has 0 aliphatic rings. The van der Waals surface area contributed by atoms with Crippen LogP contribution in [-0.4, -0.2) is 26.6 Å². The summed E-state index contributed by atoms with van der Waals surface area (Å²) in [6.07, 6.45) is 0.445. The second kappa shape index (κ2) is 6.50. The predicted molar refractivity (Wildman–Crippen MR) is 67.9 cm³/mol. The van der Waals surface area contributed by atoms with Crippen LogP contribution in [0.5, 0.6) is 5.75 Å². The molecular weight excluding hydrogens is 272 g/mol. The van der Waals surface area contributed by atoms with E-state index in [0.29, 0.717) is 18.7 Å². The predicted octanol–water partition coefficient (Wildman–Crippen LogP) is 2.01. The van der Waals surface area contributed by atoms with Gasteiger partial charge in [0, 0.05) is 23.5 Å². The third-order valence-electron chi connectivity index (χ3n) is 2.05. The molecule has 0 unspecified atom stereocenters. The van der Waals surface area contributed by atoms with Crippen LogP contribution in [0.3, 0.4) is 0 Å². The van der Waals surface area contributed by atoms with Crippen molar-refractivity contribution in [1.82, 2.24) is 5.32 Å². The van der Waals surface area contributed by atoms with Gasteiger partial charge in [0.2, 0.25) is 5.91 Å². The van der Waals surface area contributed by atoms with Crippen LogP contribution in [0.1, 0.15) is 6.42 Å². The number of amides is 1. The van der Waals surface area contributed by atoms with Crippen molar-refractivity contribution in [2.45, 2.75) is 6.42 Å². The summed E-state index contributed by atoms with van der Waals surface area (Å²) in [5.41, 5.74) is 0.723. The molecule has 5 heteroatoms. The van der Waals surface area contributed by atoms with Gasteiger partial charge in [0.1, 0.15) is 5.75 Å². The molecule has 0 spiro atoms. The van der Waals surface area contributed by atoms with Crippen molar-refractivity contribution in [1.29, 1.82) is 0 Å². The fourth-order valence-corrected chi connectivity index (χ4v) is 1.52. The fraction of sp³-hybridized carbons (Fsp3) is 0.364. The molecule has 0 aliphatic carbocycles. The van der Waals surface area contributed by atoms with Gasteiger partial charge < -0.3 is 15.4 Å². The molecule has 88 valence electrons. The average Bonchev–Trinajstić information content (AvgIpc) is 2.29. The van der Waals surface area contributed by atoms with E-state index >= 15 is 0 Å². The summed E-state index contributed by atoms with van der Waals surface area (Å²) in [7, 11) is 3.41. The maximum atomic E-state index is 11.5. The molecule has 1 aromatic rings. The molecule has 0 atom stereocenters. The van der Waals surface area contributed by atoms with E-state index in [1.807, 2.05) is 19.2 Å². The summed E-state index contributed by atoms with van der Waals surface area (Å²) < 4.78 is 5.93. The van der Waals surface area contributed by atoms with Crippen LogP contribution in [0.25, 0.3) is 0 Å². The lowest BCUT2D eigenvalue weighted by Gasteiger charge is -2.09. The van der Waals surface area contributed by atoms with Crippen molar-refractivity contribution < 1.29 is 9.53 Å². The normalized spacial score (nSPS) is 9.94. The third kappa shape index (κ3) is 3.83. The van der Waals surface area contributed by atoms with Gasteiger partial charge in [0.25, 0.3) is 0 Å². The Kier molecular flexibility index (Phi) is 5.28. The SMILES string of the molecule is CNCCC(=O)Nc1cc(OC)ccc1Br. The zero-order valence-electron chi connectivity index (χ0n) is 9.34. The van der Waals surface area contributed by atoms with Crippen LogP contribution in [-0.2, 0) is 4.79 Å². The van der Waals surface area contributed by atoms with Crippen LogP contribution < -0.4 is 15.4 Å². The molecule has 0 aromatic heterocycles. The molecule has 1 amide bonds.